The molecule has 136 valence electrons. The Morgan fingerprint density at radius 3 is 2.69 bits per heavy atom. The first kappa shape index (κ1) is 18.3. The second kappa shape index (κ2) is 7.00. The summed E-state index contributed by atoms with van der Waals surface area (Å²) in [6.07, 6.45) is -3.33. The molecule has 1 aromatic carbocycles. The summed E-state index contributed by atoms with van der Waals surface area (Å²) in [6.45, 7) is 0.101. The Morgan fingerprint density at radius 1 is 1.35 bits per heavy atom. The third-order valence-corrected chi connectivity index (χ3v) is 4.20. The highest BCUT2D eigenvalue weighted by atomic mass is 35.5. The highest BCUT2D eigenvalue weighted by molar-refractivity contribution is 7.15. The van der Waals surface area contributed by atoms with E-state index < -0.39 is 29.6 Å². The fourth-order valence-corrected chi connectivity index (χ4v) is 2.84. The van der Waals surface area contributed by atoms with Crippen molar-refractivity contribution in [3.8, 4) is 11.4 Å². The largest absolute Gasteiger partial charge is 0.471 e. The second-order valence-corrected chi connectivity index (χ2v) is 6.58. The van der Waals surface area contributed by atoms with Crippen LogP contribution in [0.4, 0.5) is 17.6 Å². The summed E-state index contributed by atoms with van der Waals surface area (Å²) < 4.78 is 55.9. The minimum atomic E-state index is -4.80. The maximum absolute atomic E-state index is 14.2. The molecule has 3 aromatic rings. The molecule has 0 saturated carbocycles. The quantitative estimate of drug-likeness (QED) is 0.664. The van der Waals surface area contributed by atoms with E-state index in [0.717, 1.165) is 23.5 Å². The van der Waals surface area contributed by atoms with E-state index in [9.17, 15) is 22.4 Å². The van der Waals surface area contributed by atoms with Gasteiger partial charge in [0.2, 0.25) is 5.82 Å². The molecule has 26 heavy (non-hydrogen) atoms. The van der Waals surface area contributed by atoms with Crippen LogP contribution in [0.15, 0.2) is 28.9 Å². The van der Waals surface area contributed by atoms with Crippen LogP contribution in [0.2, 0.25) is 4.47 Å². The van der Waals surface area contributed by atoms with E-state index in [1.807, 2.05) is 0 Å². The zero-order chi connectivity index (χ0) is 18.9. The molecule has 0 aliphatic carbocycles. The predicted molar refractivity (Wildman–Crippen MR) is 83.0 cm³/mol. The van der Waals surface area contributed by atoms with Gasteiger partial charge in [-0.1, -0.05) is 22.8 Å². The Hall–Kier alpha value is -2.53. The lowest BCUT2D eigenvalue weighted by Gasteiger charge is -2.05. The summed E-state index contributed by atoms with van der Waals surface area (Å²) in [5.41, 5.74) is -0.351. The van der Waals surface area contributed by atoms with Crippen LogP contribution in [0.5, 0.6) is 0 Å². The number of amides is 1. The fraction of sp³-hybridized carbons (Fsp3) is 0.143. The van der Waals surface area contributed by atoms with Gasteiger partial charge >= 0.3 is 12.1 Å². The van der Waals surface area contributed by atoms with Crippen LogP contribution in [-0.4, -0.2) is 21.0 Å². The molecule has 6 nitrogen and oxygen atoms in total. The normalized spacial score (nSPS) is 11.6. The Labute approximate surface area is 151 Å². The molecule has 2 heterocycles. The predicted octanol–water partition coefficient (Wildman–Crippen LogP) is 3.93. The average Bonchev–Trinajstić information content (AvgIpc) is 3.21. The first-order valence-electron chi connectivity index (χ1n) is 6.83. The third kappa shape index (κ3) is 3.99. The van der Waals surface area contributed by atoms with Gasteiger partial charge in [-0.3, -0.25) is 4.79 Å². The van der Waals surface area contributed by atoms with Crippen molar-refractivity contribution < 1.29 is 26.9 Å². The second-order valence-electron chi connectivity index (χ2n) is 4.88. The Balaban J connectivity index is 1.74. The maximum atomic E-state index is 14.2. The minimum Gasteiger partial charge on any atom is -0.347 e. The van der Waals surface area contributed by atoms with E-state index in [1.165, 1.54) is 12.3 Å². The number of hydrogen-bond donors (Lipinski definition) is 1. The Bertz CT molecular complexity index is 957. The van der Waals surface area contributed by atoms with Crippen molar-refractivity contribution in [1.29, 1.82) is 0 Å². The van der Waals surface area contributed by atoms with Crippen LogP contribution in [-0.2, 0) is 12.7 Å². The van der Waals surface area contributed by atoms with Crippen LogP contribution in [0.1, 0.15) is 21.1 Å². The smallest absolute Gasteiger partial charge is 0.347 e. The van der Waals surface area contributed by atoms with Crippen molar-refractivity contribution >= 4 is 28.8 Å². The minimum absolute atomic E-state index is 0.0625. The summed E-state index contributed by atoms with van der Waals surface area (Å²) in [4.78, 5) is 19.7. The molecule has 1 N–H and O–H groups in total. The van der Waals surface area contributed by atoms with E-state index in [2.05, 4.69) is 25.0 Å². The van der Waals surface area contributed by atoms with E-state index in [4.69, 9.17) is 11.6 Å². The number of alkyl halides is 3. The number of thiazole rings is 1. The van der Waals surface area contributed by atoms with Crippen molar-refractivity contribution in [2.24, 2.45) is 0 Å². The van der Waals surface area contributed by atoms with Crippen LogP contribution < -0.4 is 5.32 Å². The Kier molecular flexibility index (Phi) is 4.92. The van der Waals surface area contributed by atoms with Crippen molar-refractivity contribution in [2.45, 2.75) is 12.7 Å². The molecule has 0 bridgehead atoms. The van der Waals surface area contributed by atoms with E-state index in [-0.39, 0.29) is 17.7 Å². The molecule has 0 aliphatic rings. The van der Waals surface area contributed by atoms with Gasteiger partial charge in [0.05, 0.1) is 12.1 Å². The Morgan fingerprint density at radius 2 is 2.12 bits per heavy atom. The van der Waals surface area contributed by atoms with Crippen molar-refractivity contribution in [2.75, 3.05) is 0 Å². The van der Waals surface area contributed by atoms with Gasteiger partial charge in [-0.25, -0.2) is 9.37 Å². The summed E-state index contributed by atoms with van der Waals surface area (Å²) in [7, 11) is 0. The van der Waals surface area contributed by atoms with Gasteiger partial charge < -0.3 is 9.84 Å². The zero-order valence-electron chi connectivity index (χ0n) is 12.5. The molecular formula is C14H7ClF4N4O2S. The number of aromatic nitrogens is 3. The molecule has 0 fully saturated rings. The molecule has 0 spiro atoms. The molecular weight excluding hydrogens is 400 g/mol. The molecule has 1 amide bonds. The van der Waals surface area contributed by atoms with Gasteiger partial charge in [-0.2, -0.15) is 18.2 Å². The van der Waals surface area contributed by atoms with Crippen molar-refractivity contribution in [3.63, 3.8) is 0 Å². The van der Waals surface area contributed by atoms with Gasteiger partial charge in [0.15, 0.2) is 4.47 Å². The third-order valence-electron chi connectivity index (χ3n) is 3.09. The summed E-state index contributed by atoms with van der Waals surface area (Å²) in [6, 6.07) is 3.18. The number of rotatable bonds is 4. The van der Waals surface area contributed by atoms with Gasteiger partial charge in [0, 0.05) is 16.6 Å². The van der Waals surface area contributed by atoms with Crippen LogP contribution >= 0.6 is 22.9 Å². The van der Waals surface area contributed by atoms with Crippen LogP contribution in [0.25, 0.3) is 11.4 Å². The standard InChI is InChI=1S/C14H7ClF4N4O2S/c15-13-21-5-7(26-13)4-20-11(24)8-2-1-6(3-9(8)16)10-22-12(25-23-10)14(17,18)19/h1-3,5H,4H2,(H,20,24). The summed E-state index contributed by atoms with van der Waals surface area (Å²) >= 11 is 6.83. The topological polar surface area (TPSA) is 80.9 Å². The lowest BCUT2D eigenvalue weighted by Crippen LogP contribution is -2.23. The van der Waals surface area contributed by atoms with E-state index in [0.29, 0.717) is 9.34 Å². The maximum Gasteiger partial charge on any atom is 0.471 e. The number of hydrogen-bond acceptors (Lipinski definition) is 6. The molecule has 0 unspecified atom stereocenters. The first-order valence-corrected chi connectivity index (χ1v) is 8.02. The number of nitrogens with one attached hydrogen (secondary N) is 1. The highest BCUT2D eigenvalue weighted by Crippen LogP contribution is 2.29. The summed E-state index contributed by atoms with van der Waals surface area (Å²) in [5.74, 6) is -3.64. The highest BCUT2D eigenvalue weighted by Gasteiger charge is 2.38. The molecule has 0 saturated heterocycles. The van der Waals surface area contributed by atoms with Gasteiger partial charge in [-0.05, 0) is 12.1 Å². The molecule has 0 radical (unpaired) electrons. The lowest BCUT2D eigenvalue weighted by atomic mass is 10.1. The van der Waals surface area contributed by atoms with Gasteiger partial charge in [0.25, 0.3) is 5.91 Å². The summed E-state index contributed by atoms with van der Waals surface area (Å²) in [5, 5.41) is 5.64. The monoisotopic (exact) mass is 406 g/mol. The number of carbonyl (C=O) groups is 1. The van der Waals surface area contributed by atoms with E-state index in [1.54, 1.807) is 0 Å². The van der Waals surface area contributed by atoms with E-state index >= 15 is 0 Å². The SMILES string of the molecule is O=C(NCc1cnc(Cl)s1)c1ccc(-c2noc(C(F)(F)F)n2)cc1F. The van der Waals surface area contributed by atoms with Crippen LogP contribution in [0.3, 0.4) is 0 Å². The molecule has 3 rings (SSSR count). The van der Waals surface area contributed by atoms with Gasteiger partial charge in [0.1, 0.15) is 5.82 Å². The number of benzene rings is 1. The van der Waals surface area contributed by atoms with Crippen molar-refractivity contribution in [3.05, 3.63) is 51.0 Å². The number of halogens is 5. The van der Waals surface area contributed by atoms with Gasteiger partial charge in [-0.15, -0.1) is 11.3 Å². The first-order chi connectivity index (χ1) is 12.2. The molecule has 0 atom stereocenters. The molecule has 12 heteroatoms. The van der Waals surface area contributed by atoms with Crippen LogP contribution in [0, 0.1) is 5.82 Å². The number of carbonyl (C=O) groups excluding carboxylic acids is 1. The molecule has 2 aromatic heterocycles. The van der Waals surface area contributed by atoms with Crippen molar-refractivity contribution in [1.82, 2.24) is 20.4 Å². The zero-order valence-corrected chi connectivity index (χ0v) is 14.0. The average molecular weight is 407 g/mol. The molecule has 0 aliphatic heterocycles. The fourth-order valence-electron chi connectivity index (χ4n) is 1.92. The number of nitrogens with zero attached hydrogens (tertiary/aromatic N) is 3. The lowest BCUT2D eigenvalue weighted by molar-refractivity contribution is -0.159.